The number of thiazole rings is 1. The van der Waals surface area contributed by atoms with Crippen LogP contribution in [0.2, 0.25) is 0 Å². The maximum atomic E-state index is 11.6. The minimum Gasteiger partial charge on any atom is -0.384 e. The molecule has 2 N–H and O–H groups in total. The molecule has 1 heterocycles. The van der Waals surface area contributed by atoms with Gasteiger partial charge in [0.1, 0.15) is 10.7 Å². The molecule has 0 radical (unpaired) electrons. The Morgan fingerprint density at radius 2 is 2.43 bits per heavy atom. The van der Waals surface area contributed by atoms with E-state index in [-0.39, 0.29) is 5.78 Å². The number of Topliss-reactive ketones (excluding diaryl/α,β-unsaturated/α-hetero) is 1. The fourth-order valence-electron chi connectivity index (χ4n) is 0.907. The summed E-state index contributed by atoms with van der Waals surface area (Å²) in [4.78, 5) is 16.2. The second-order valence-corrected chi connectivity index (χ2v) is 4.62. The van der Waals surface area contributed by atoms with E-state index in [1.165, 1.54) is 23.1 Å². The molecular weight excluding hydrogens is 220 g/mol. The molecule has 0 bridgehead atoms. The maximum Gasteiger partial charge on any atom is 0.178 e. The lowest BCUT2D eigenvalue weighted by atomic mass is 10.2. The molecule has 6 heteroatoms. The van der Waals surface area contributed by atoms with Crippen LogP contribution in [0.3, 0.4) is 0 Å². The summed E-state index contributed by atoms with van der Waals surface area (Å²) in [6.07, 6.45) is 2.26. The Morgan fingerprint density at radius 3 is 2.93 bits per heavy atom. The van der Waals surface area contributed by atoms with E-state index in [0.717, 1.165) is 4.34 Å². The standard InChI is InChI=1S/C8H12N2O2S2/c1-12-4-3-5(11)6-7(9)10-8(13-2)14-6/h3-4,9H2,1-2H3. The molecule has 0 aliphatic rings. The van der Waals surface area contributed by atoms with Crippen LogP contribution in [0.5, 0.6) is 0 Å². The van der Waals surface area contributed by atoms with Crippen molar-refractivity contribution in [1.29, 1.82) is 0 Å². The topological polar surface area (TPSA) is 65.2 Å². The molecule has 0 atom stereocenters. The first kappa shape index (κ1) is 11.5. The monoisotopic (exact) mass is 232 g/mol. The summed E-state index contributed by atoms with van der Waals surface area (Å²) in [5, 5.41) is 0. The summed E-state index contributed by atoms with van der Waals surface area (Å²) in [5.41, 5.74) is 5.61. The molecule has 0 saturated carbocycles. The number of nitrogens with zero attached hydrogens (tertiary/aromatic N) is 1. The summed E-state index contributed by atoms with van der Waals surface area (Å²) in [7, 11) is 1.57. The Kier molecular flexibility index (Phi) is 4.37. The van der Waals surface area contributed by atoms with Gasteiger partial charge in [0.2, 0.25) is 0 Å². The van der Waals surface area contributed by atoms with Gasteiger partial charge in [0.25, 0.3) is 0 Å². The first-order valence-corrected chi connectivity index (χ1v) is 6.05. The third-order valence-corrected chi connectivity index (χ3v) is 3.69. The number of anilines is 1. The number of aromatic nitrogens is 1. The number of carbonyl (C=O) groups excluding carboxylic acids is 1. The zero-order valence-corrected chi connectivity index (χ0v) is 9.70. The van der Waals surface area contributed by atoms with E-state index in [9.17, 15) is 4.79 Å². The number of ketones is 1. The van der Waals surface area contributed by atoms with Gasteiger partial charge in [-0.25, -0.2) is 4.98 Å². The fraction of sp³-hybridized carbons (Fsp3) is 0.500. The maximum absolute atomic E-state index is 11.6. The van der Waals surface area contributed by atoms with Gasteiger partial charge in [-0.1, -0.05) is 11.8 Å². The largest absolute Gasteiger partial charge is 0.384 e. The third-order valence-electron chi connectivity index (χ3n) is 1.59. The molecule has 0 unspecified atom stereocenters. The lowest BCUT2D eigenvalue weighted by molar-refractivity contribution is 0.0937. The van der Waals surface area contributed by atoms with E-state index in [0.29, 0.717) is 23.7 Å². The van der Waals surface area contributed by atoms with Gasteiger partial charge in [-0.2, -0.15) is 0 Å². The summed E-state index contributed by atoms with van der Waals surface area (Å²) in [6, 6.07) is 0. The molecule has 0 saturated heterocycles. The van der Waals surface area contributed by atoms with Crippen molar-refractivity contribution in [3.63, 3.8) is 0 Å². The van der Waals surface area contributed by atoms with Gasteiger partial charge in [0, 0.05) is 13.5 Å². The molecule has 0 spiro atoms. The van der Waals surface area contributed by atoms with Crippen molar-refractivity contribution in [3.05, 3.63) is 4.88 Å². The van der Waals surface area contributed by atoms with Crippen molar-refractivity contribution in [3.8, 4) is 0 Å². The lowest BCUT2D eigenvalue weighted by Gasteiger charge is -1.96. The summed E-state index contributed by atoms with van der Waals surface area (Å²) >= 11 is 2.83. The van der Waals surface area contributed by atoms with Crippen molar-refractivity contribution in [1.82, 2.24) is 4.98 Å². The molecule has 0 aliphatic heterocycles. The van der Waals surface area contributed by atoms with Crippen molar-refractivity contribution in [2.75, 3.05) is 25.7 Å². The lowest BCUT2D eigenvalue weighted by Crippen LogP contribution is -2.04. The average molecular weight is 232 g/mol. The minimum atomic E-state index is 0.00199. The van der Waals surface area contributed by atoms with Crippen molar-refractivity contribution in [2.24, 2.45) is 0 Å². The Bertz CT molecular complexity index is 325. The van der Waals surface area contributed by atoms with E-state index in [1.807, 2.05) is 6.26 Å². The van der Waals surface area contributed by atoms with Gasteiger partial charge in [0.15, 0.2) is 10.1 Å². The molecule has 1 rings (SSSR count). The fourth-order valence-corrected chi connectivity index (χ4v) is 2.36. The first-order valence-electron chi connectivity index (χ1n) is 4.01. The summed E-state index contributed by atoms with van der Waals surface area (Å²) in [6.45, 7) is 0.421. The van der Waals surface area contributed by atoms with E-state index in [4.69, 9.17) is 10.5 Å². The molecule has 1 aromatic heterocycles. The van der Waals surface area contributed by atoms with E-state index >= 15 is 0 Å². The number of hydrogen-bond donors (Lipinski definition) is 1. The summed E-state index contributed by atoms with van der Waals surface area (Å²) < 4.78 is 5.65. The van der Waals surface area contributed by atoms with Crippen LogP contribution in [0.25, 0.3) is 0 Å². The van der Waals surface area contributed by atoms with E-state index in [1.54, 1.807) is 7.11 Å². The van der Waals surface area contributed by atoms with Crippen LogP contribution >= 0.6 is 23.1 Å². The number of carbonyl (C=O) groups is 1. The van der Waals surface area contributed by atoms with Gasteiger partial charge in [-0.15, -0.1) is 11.3 Å². The minimum absolute atomic E-state index is 0.00199. The first-order chi connectivity index (χ1) is 6.69. The Labute approximate surface area is 90.9 Å². The normalized spacial score (nSPS) is 10.4. The van der Waals surface area contributed by atoms with Gasteiger partial charge in [-0.05, 0) is 6.26 Å². The number of nitrogens with two attached hydrogens (primary N) is 1. The predicted molar refractivity (Wildman–Crippen MR) is 59.1 cm³/mol. The van der Waals surface area contributed by atoms with Gasteiger partial charge in [-0.3, -0.25) is 4.79 Å². The SMILES string of the molecule is COCCC(=O)c1sc(SC)nc1N. The number of hydrogen-bond acceptors (Lipinski definition) is 6. The Morgan fingerprint density at radius 1 is 1.71 bits per heavy atom. The smallest absolute Gasteiger partial charge is 0.178 e. The second-order valence-electron chi connectivity index (χ2n) is 2.56. The predicted octanol–water partition coefficient (Wildman–Crippen LogP) is 1.67. The van der Waals surface area contributed by atoms with Crippen LogP contribution in [0, 0.1) is 0 Å². The van der Waals surface area contributed by atoms with Crippen molar-refractivity contribution >= 4 is 34.7 Å². The molecule has 14 heavy (non-hydrogen) atoms. The second kappa shape index (κ2) is 5.33. The van der Waals surface area contributed by atoms with Crippen molar-refractivity contribution in [2.45, 2.75) is 10.8 Å². The molecule has 0 aliphatic carbocycles. The zero-order chi connectivity index (χ0) is 10.6. The number of ether oxygens (including phenoxy) is 1. The van der Waals surface area contributed by atoms with E-state index < -0.39 is 0 Å². The highest BCUT2D eigenvalue weighted by Gasteiger charge is 2.15. The Balaban J connectivity index is 2.73. The molecule has 78 valence electrons. The van der Waals surface area contributed by atoms with Crippen LogP contribution in [-0.4, -0.2) is 30.7 Å². The number of thioether (sulfide) groups is 1. The van der Waals surface area contributed by atoms with Crippen LogP contribution in [-0.2, 0) is 4.74 Å². The quantitative estimate of drug-likeness (QED) is 0.618. The molecule has 0 fully saturated rings. The van der Waals surface area contributed by atoms with E-state index in [2.05, 4.69) is 4.98 Å². The van der Waals surface area contributed by atoms with Gasteiger partial charge in [0.05, 0.1) is 6.61 Å². The molecule has 1 aromatic rings. The van der Waals surface area contributed by atoms with Crippen LogP contribution < -0.4 is 5.73 Å². The van der Waals surface area contributed by atoms with Gasteiger partial charge < -0.3 is 10.5 Å². The molecule has 4 nitrogen and oxygen atoms in total. The Hall–Kier alpha value is -0.590. The molecular formula is C8H12N2O2S2. The van der Waals surface area contributed by atoms with Crippen molar-refractivity contribution < 1.29 is 9.53 Å². The van der Waals surface area contributed by atoms with Crippen LogP contribution in [0.15, 0.2) is 4.34 Å². The highest BCUT2D eigenvalue weighted by atomic mass is 32.2. The van der Waals surface area contributed by atoms with Crippen LogP contribution in [0.1, 0.15) is 16.1 Å². The van der Waals surface area contributed by atoms with Crippen LogP contribution in [0.4, 0.5) is 5.82 Å². The highest BCUT2D eigenvalue weighted by molar-refractivity contribution is 8.00. The number of rotatable bonds is 5. The average Bonchev–Trinajstić information content (AvgIpc) is 2.56. The molecule has 0 amide bonds. The third kappa shape index (κ3) is 2.70. The molecule has 0 aromatic carbocycles. The highest BCUT2D eigenvalue weighted by Crippen LogP contribution is 2.28. The number of nitrogen functional groups attached to an aromatic ring is 1. The zero-order valence-electron chi connectivity index (χ0n) is 8.07. The number of methoxy groups -OCH3 is 1. The summed E-state index contributed by atoms with van der Waals surface area (Å²) in [5.74, 6) is 0.336. The van der Waals surface area contributed by atoms with Gasteiger partial charge >= 0.3 is 0 Å².